The summed E-state index contributed by atoms with van der Waals surface area (Å²) in [5.74, 6) is -1.56. The van der Waals surface area contributed by atoms with Gasteiger partial charge in [0.1, 0.15) is 5.60 Å². The Hall–Kier alpha value is -1.76. The lowest BCUT2D eigenvalue weighted by molar-refractivity contribution is -0.170. The summed E-state index contributed by atoms with van der Waals surface area (Å²) in [6, 6.07) is 0. The summed E-state index contributed by atoms with van der Waals surface area (Å²) < 4.78 is 0. The summed E-state index contributed by atoms with van der Waals surface area (Å²) in [7, 11) is 0. The second-order valence-electron chi connectivity index (χ2n) is 14.0. The monoisotopic (exact) mass is 500 g/mol. The van der Waals surface area contributed by atoms with Gasteiger partial charge in [0.2, 0.25) is 5.78 Å². The molecule has 4 aliphatic carbocycles. The van der Waals surface area contributed by atoms with E-state index in [4.69, 9.17) is 0 Å². The summed E-state index contributed by atoms with van der Waals surface area (Å²) in [5, 5.41) is 43.6. The van der Waals surface area contributed by atoms with Crippen molar-refractivity contribution in [2.45, 2.75) is 98.4 Å². The van der Waals surface area contributed by atoms with Crippen molar-refractivity contribution in [1.29, 1.82) is 0 Å². The first-order chi connectivity index (χ1) is 16.2. The predicted molar refractivity (Wildman–Crippen MR) is 138 cm³/mol. The minimum Gasteiger partial charge on any atom is -0.505 e. The third-order valence-corrected chi connectivity index (χ3v) is 11.0. The molecule has 8 unspecified atom stereocenters. The molecule has 0 aliphatic heterocycles. The maximum absolute atomic E-state index is 13.2. The van der Waals surface area contributed by atoms with Gasteiger partial charge in [-0.2, -0.15) is 0 Å². The van der Waals surface area contributed by atoms with Gasteiger partial charge in [0.05, 0.1) is 17.1 Å². The van der Waals surface area contributed by atoms with E-state index in [0.29, 0.717) is 12.8 Å². The van der Waals surface area contributed by atoms with E-state index in [2.05, 4.69) is 26.8 Å². The molecule has 0 aromatic rings. The van der Waals surface area contributed by atoms with Crippen LogP contribution >= 0.6 is 0 Å². The van der Waals surface area contributed by atoms with Crippen LogP contribution in [-0.2, 0) is 9.59 Å². The van der Waals surface area contributed by atoms with Crippen molar-refractivity contribution in [2.75, 3.05) is 0 Å². The van der Waals surface area contributed by atoms with E-state index in [0.717, 1.165) is 18.4 Å². The lowest BCUT2D eigenvalue weighted by atomic mass is 9.39. The Kier molecular flexibility index (Phi) is 5.97. The van der Waals surface area contributed by atoms with Gasteiger partial charge < -0.3 is 20.4 Å². The number of Topliss-reactive ketones (excluding diaryl/α,β-unsaturated/α-hetero) is 1. The quantitative estimate of drug-likeness (QED) is 0.335. The van der Waals surface area contributed by atoms with Crippen LogP contribution < -0.4 is 0 Å². The fourth-order valence-electron chi connectivity index (χ4n) is 8.81. The third-order valence-electron chi connectivity index (χ3n) is 11.0. The largest absolute Gasteiger partial charge is 0.505 e. The molecule has 6 heteroatoms. The molecule has 2 fully saturated rings. The Morgan fingerprint density at radius 1 is 1.06 bits per heavy atom. The summed E-state index contributed by atoms with van der Waals surface area (Å²) in [6.07, 6.45) is 8.35. The van der Waals surface area contributed by atoms with Gasteiger partial charge in [-0.1, -0.05) is 38.5 Å². The predicted octanol–water partition coefficient (Wildman–Crippen LogP) is 4.44. The molecule has 0 amide bonds. The number of ketones is 2. The second-order valence-corrected chi connectivity index (χ2v) is 14.0. The van der Waals surface area contributed by atoms with Gasteiger partial charge in [-0.05, 0) is 94.6 Å². The standard InChI is InChI=1S/C30H44O6/c1-25(2,35)12-11-22(33)30(8,36)23-20(32)16-29(7)21-10-9-17-18(15-19(31)24(34)26(17,3)4)27(21,5)13-14-28(23,29)6/h9,11-12,15,18,20-21,23,31-32,35-36H,10,13-14,16H2,1-8H3. The average molecular weight is 501 g/mol. The van der Waals surface area contributed by atoms with Gasteiger partial charge in [0.25, 0.3) is 0 Å². The number of hydrogen-bond donors (Lipinski definition) is 4. The van der Waals surface area contributed by atoms with Crippen molar-refractivity contribution >= 4 is 11.6 Å². The summed E-state index contributed by atoms with van der Waals surface area (Å²) in [4.78, 5) is 26.0. The third kappa shape index (κ3) is 3.54. The van der Waals surface area contributed by atoms with E-state index in [-0.39, 0.29) is 34.2 Å². The molecule has 6 nitrogen and oxygen atoms in total. The molecule has 2 saturated carbocycles. The average Bonchev–Trinajstić information content (AvgIpc) is 2.96. The first-order valence-electron chi connectivity index (χ1n) is 13.3. The lowest BCUT2D eigenvalue weighted by Crippen LogP contribution is -2.61. The molecule has 0 bridgehead atoms. The Morgan fingerprint density at radius 2 is 1.67 bits per heavy atom. The molecule has 0 saturated heterocycles. The maximum atomic E-state index is 13.2. The minimum absolute atomic E-state index is 0.0848. The van der Waals surface area contributed by atoms with E-state index in [1.54, 1.807) is 19.9 Å². The molecular formula is C30H44O6. The smallest absolute Gasteiger partial charge is 0.206 e. The van der Waals surface area contributed by atoms with Gasteiger partial charge >= 0.3 is 0 Å². The zero-order valence-electron chi connectivity index (χ0n) is 23.1. The molecule has 4 rings (SSSR count). The Morgan fingerprint density at radius 3 is 2.25 bits per heavy atom. The van der Waals surface area contributed by atoms with Crippen molar-refractivity contribution < 1.29 is 30.0 Å². The van der Waals surface area contributed by atoms with Gasteiger partial charge in [0.15, 0.2) is 11.5 Å². The number of carbonyl (C=O) groups excluding carboxylic acids is 2. The number of fused-ring (bicyclic) bond motifs is 5. The molecule has 0 radical (unpaired) electrons. The molecule has 8 atom stereocenters. The summed E-state index contributed by atoms with van der Waals surface area (Å²) in [6.45, 7) is 14.9. The summed E-state index contributed by atoms with van der Waals surface area (Å²) in [5.41, 5.74) is -3.83. The van der Waals surface area contributed by atoms with E-state index in [1.807, 2.05) is 13.8 Å². The van der Waals surface area contributed by atoms with Crippen molar-refractivity contribution in [2.24, 2.45) is 39.4 Å². The fourth-order valence-corrected chi connectivity index (χ4v) is 8.81. The fraction of sp³-hybridized carbons (Fsp3) is 0.733. The van der Waals surface area contributed by atoms with Crippen LogP contribution in [0.1, 0.15) is 81.1 Å². The lowest BCUT2D eigenvalue weighted by Gasteiger charge is -2.64. The number of allylic oxidation sites excluding steroid dienone is 4. The van der Waals surface area contributed by atoms with E-state index >= 15 is 0 Å². The molecular weight excluding hydrogens is 456 g/mol. The van der Waals surface area contributed by atoms with E-state index in [9.17, 15) is 30.0 Å². The molecule has 4 N–H and O–H groups in total. The van der Waals surface area contributed by atoms with Crippen LogP contribution in [0.3, 0.4) is 0 Å². The van der Waals surface area contributed by atoms with Gasteiger partial charge in [0, 0.05) is 11.8 Å². The van der Waals surface area contributed by atoms with Crippen LogP contribution in [0.4, 0.5) is 0 Å². The molecule has 200 valence electrons. The Bertz CT molecular complexity index is 1070. The number of hydrogen-bond acceptors (Lipinski definition) is 6. The minimum atomic E-state index is -1.80. The van der Waals surface area contributed by atoms with Gasteiger partial charge in [-0.15, -0.1) is 0 Å². The van der Waals surface area contributed by atoms with Crippen LogP contribution in [0, 0.1) is 39.4 Å². The second kappa shape index (κ2) is 7.87. The van der Waals surface area contributed by atoms with Crippen LogP contribution in [0.5, 0.6) is 0 Å². The van der Waals surface area contributed by atoms with E-state index in [1.165, 1.54) is 19.1 Å². The normalized spacial score (nSPS) is 43.7. The van der Waals surface area contributed by atoms with Crippen LogP contribution in [0.2, 0.25) is 0 Å². The van der Waals surface area contributed by atoms with Crippen molar-refractivity contribution in [1.82, 2.24) is 0 Å². The Labute approximate surface area is 215 Å². The first kappa shape index (κ1) is 27.3. The highest BCUT2D eigenvalue weighted by Gasteiger charge is 2.72. The van der Waals surface area contributed by atoms with Crippen LogP contribution in [-0.4, -0.2) is 49.3 Å². The highest BCUT2D eigenvalue weighted by molar-refractivity contribution is 6.01. The molecule has 0 aromatic heterocycles. The maximum Gasteiger partial charge on any atom is 0.206 e. The zero-order valence-corrected chi connectivity index (χ0v) is 23.1. The number of aliphatic hydroxyl groups excluding tert-OH is 2. The van der Waals surface area contributed by atoms with Crippen LogP contribution in [0.25, 0.3) is 0 Å². The topological polar surface area (TPSA) is 115 Å². The van der Waals surface area contributed by atoms with Crippen molar-refractivity contribution in [3.05, 3.63) is 35.6 Å². The molecule has 0 spiro atoms. The highest BCUT2D eigenvalue weighted by Crippen LogP contribution is 2.74. The van der Waals surface area contributed by atoms with E-state index < -0.39 is 39.8 Å². The SMILES string of the molecule is CC(C)(O)C=CC(=O)C(C)(O)C1C(O)CC2(C)C3CC=C4C(C=C(O)C(=O)C4(C)C)C3(C)CCC12C. The van der Waals surface area contributed by atoms with Gasteiger partial charge in [-0.3, -0.25) is 9.59 Å². The molecule has 4 aliphatic rings. The number of aliphatic hydroxyl groups is 4. The molecule has 0 aromatic carbocycles. The van der Waals surface area contributed by atoms with Gasteiger partial charge in [-0.25, -0.2) is 0 Å². The highest BCUT2D eigenvalue weighted by atomic mass is 16.3. The molecule has 0 heterocycles. The van der Waals surface area contributed by atoms with Crippen LogP contribution in [0.15, 0.2) is 35.6 Å². The zero-order chi connectivity index (χ0) is 27.3. The Balaban J connectivity index is 1.76. The molecule has 36 heavy (non-hydrogen) atoms. The van der Waals surface area contributed by atoms with Crippen molar-refractivity contribution in [3.63, 3.8) is 0 Å². The number of rotatable bonds is 4. The number of carbonyl (C=O) groups is 2. The summed E-state index contributed by atoms with van der Waals surface area (Å²) >= 11 is 0. The van der Waals surface area contributed by atoms with Crippen molar-refractivity contribution in [3.8, 4) is 0 Å². The first-order valence-corrected chi connectivity index (χ1v) is 13.3.